The van der Waals surface area contributed by atoms with Gasteiger partial charge in [-0.2, -0.15) is 0 Å². The number of carbonyl (C=O) groups is 1. The number of rotatable bonds is 2. The van der Waals surface area contributed by atoms with Crippen LogP contribution in [0.15, 0.2) is 29.3 Å². The van der Waals surface area contributed by atoms with Gasteiger partial charge in [-0.05, 0) is 36.8 Å². The predicted octanol–water partition coefficient (Wildman–Crippen LogP) is 2.70. The highest BCUT2D eigenvalue weighted by Gasteiger charge is 2.33. The Hall–Kier alpha value is -2.17. The topological polar surface area (TPSA) is 63.5 Å². The second kappa shape index (κ2) is 5.80. The van der Waals surface area contributed by atoms with E-state index in [9.17, 15) is 9.59 Å². The standard InChI is InChI=1S/C18H23N3O2/c1-12-7-6-10-21-15(12)19-11-13(17(21)23)16(22)20-14-8-4-5-9-18(14,2)3/h6-7,10-11,14H,4-5,8-9H2,1-3H3,(H,20,22). The molecule has 2 heterocycles. The third-order valence-electron chi connectivity index (χ3n) is 4.98. The second-order valence-corrected chi connectivity index (χ2v) is 7.12. The first-order chi connectivity index (χ1) is 10.9. The van der Waals surface area contributed by atoms with Gasteiger partial charge in [0.1, 0.15) is 11.2 Å². The number of aryl methyl sites for hydroxylation is 1. The van der Waals surface area contributed by atoms with Gasteiger partial charge in [-0.25, -0.2) is 4.98 Å². The molecular weight excluding hydrogens is 290 g/mol. The van der Waals surface area contributed by atoms with Crippen LogP contribution in [0.25, 0.3) is 5.65 Å². The summed E-state index contributed by atoms with van der Waals surface area (Å²) in [5.41, 5.74) is 1.35. The first-order valence-electron chi connectivity index (χ1n) is 8.18. The highest BCUT2D eigenvalue weighted by Crippen LogP contribution is 2.35. The number of carbonyl (C=O) groups excluding carboxylic acids is 1. The molecule has 1 aliphatic rings. The zero-order valence-electron chi connectivity index (χ0n) is 13.9. The third-order valence-corrected chi connectivity index (χ3v) is 4.98. The number of nitrogens with one attached hydrogen (secondary N) is 1. The Bertz CT molecular complexity index is 808. The molecule has 1 atom stereocenters. The average Bonchev–Trinajstić information content (AvgIpc) is 2.50. The van der Waals surface area contributed by atoms with E-state index < -0.39 is 0 Å². The van der Waals surface area contributed by atoms with Gasteiger partial charge in [0.15, 0.2) is 0 Å². The Morgan fingerprint density at radius 3 is 2.91 bits per heavy atom. The zero-order valence-corrected chi connectivity index (χ0v) is 13.9. The quantitative estimate of drug-likeness (QED) is 0.927. The lowest BCUT2D eigenvalue weighted by Crippen LogP contribution is -2.48. The Morgan fingerprint density at radius 1 is 1.39 bits per heavy atom. The van der Waals surface area contributed by atoms with Gasteiger partial charge in [0.2, 0.25) is 0 Å². The number of amides is 1. The molecular formula is C18H23N3O2. The maximum Gasteiger partial charge on any atom is 0.270 e. The van der Waals surface area contributed by atoms with Gasteiger partial charge in [-0.1, -0.05) is 32.8 Å². The van der Waals surface area contributed by atoms with E-state index >= 15 is 0 Å². The molecule has 1 N–H and O–H groups in total. The first kappa shape index (κ1) is 15.7. The molecule has 0 bridgehead atoms. The highest BCUT2D eigenvalue weighted by atomic mass is 16.2. The number of nitrogens with zero attached hydrogens (tertiary/aromatic N) is 2. The van der Waals surface area contributed by atoms with Crippen molar-refractivity contribution in [1.29, 1.82) is 0 Å². The molecule has 1 unspecified atom stereocenters. The second-order valence-electron chi connectivity index (χ2n) is 7.12. The summed E-state index contributed by atoms with van der Waals surface area (Å²) in [5.74, 6) is -0.321. The fraction of sp³-hybridized carbons (Fsp3) is 0.500. The number of aromatic nitrogens is 2. The predicted molar refractivity (Wildman–Crippen MR) is 89.7 cm³/mol. The molecule has 23 heavy (non-hydrogen) atoms. The lowest BCUT2D eigenvalue weighted by atomic mass is 9.73. The molecule has 0 saturated heterocycles. The van der Waals surface area contributed by atoms with Crippen LogP contribution in [-0.2, 0) is 0 Å². The number of hydrogen-bond donors (Lipinski definition) is 1. The van der Waals surface area contributed by atoms with E-state index in [1.807, 2.05) is 13.0 Å². The number of fused-ring (bicyclic) bond motifs is 1. The number of pyridine rings is 1. The Balaban J connectivity index is 1.93. The number of hydrogen-bond acceptors (Lipinski definition) is 3. The molecule has 0 spiro atoms. The largest absolute Gasteiger partial charge is 0.349 e. The summed E-state index contributed by atoms with van der Waals surface area (Å²) in [6.07, 6.45) is 7.41. The van der Waals surface area contributed by atoms with Crippen LogP contribution < -0.4 is 10.9 Å². The normalized spacial score (nSPS) is 20.4. The van der Waals surface area contributed by atoms with Gasteiger partial charge in [-0.15, -0.1) is 0 Å². The fourth-order valence-electron chi connectivity index (χ4n) is 3.40. The van der Waals surface area contributed by atoms with Crippen molar-refractivity contribution in [3.63, 3.8) is 0 Å². The van der Waals surface area contributed by atoms with Crippen LogP contribution in [0.3, 0.4) is 0 Å². The van der Waals surface area contributed by atoms with Gasteiger partial charge in [0.05, 0.1) is 0 Å². The summed E-state index contributed by atoms with van der Waals surface area (Å²) in [6.45, 7) is 6.24. The monoisotopic (exact) mass is 313 g/mol. The van der Waals surface area contributed by atoms with Gasteiger partial charge < -0.3 is 5.32 Å². The molecule has 3 rings (SSSR count). The molecule has 1 aliphatic carbocycles. The van der Waals surface area contributed by atoms with E-state index in [0.717, 1.165) is 24.8 Å². The molecule has 0 aromatic carbocycles. The van der Waals surface area contributed by atoms with E-state index in [4.69, 9.17) is 0 Å². The lowest BCUT2D eigenvalue weighted by Gasteiger charge is -2.38. The van der Waals surface area contributed by atoms with Crippen molar-refractivity contribution in [2.45, 2.75) is 52.5 Å². The highest BCUT2D eigenvalue weighted by molar-refractivity contribution is 5.94. The van der Waals surface area contributed by atoms with Crippen LogP contribution in [0.5, 0.6) is 0 Å². The van der Waals surface area contributed by atoms with E-state index in [1.54, 1.807) is 12.3 Å². The first-order valence-corrected chi connectivity index (χ1v) is 8.18. The summed E-state index contributed by atoms with van der Waals surface area (Å²) in [7, 11) is 0. The minimum absolute atomic E-state index is 0.0605. The minimum Gasteiger partial charge on any atom is -0.349 e. The van der Waals surface area contributed by atoms with E-state index in [0.29, 0.717) is 5.65 Å². The molecule has 2 aromatic heterocycles. The average molecular weight is 313 g/mol. The SMILES string of the molecule is Cc1cccn2c(=O)c(C(=O)NC3CCCCC3(C)C)cnc12. The molecule has 2 aromatic rings. The lowest BCUT2D eigenvalue weighted by molar-refractivity contribution is 0.0851. The van der Waals surface area contributed by atoms with Crippen LogP contribution in [0.2, 0.25) is 0 Å². The molecule has 1 saturated carbocycles. The maximum absolute atomic E-state index is 12.6. The van der Waals surface area contributed by atoms with E-state index in [-0.39, 0.29) is 28.5 Å². The van der Waals surface area contributed by atoms with Gasteiger partial charge in [-0.3, -0.25) is 14.0 Å². The van der Waals surface area contributed by atoms with Crippen molar-refractivity contribution < 1.29 is 4.79 Å². The molecule has 1 fully saturated rings. The summed E-state index contributed by atoms with van der Waals surface area (Å²) in [6, 6.07) is 3.78. The van der Waals surface area contributed by atoms with Crippen molar-refractivity contribution >= 4 is 11.6 Å². The van der Waals surface area contributed by atoms with Crippen molar-refractivity contribution in [3.05, 3.63) is 46.0 Å². The smallest absolute Gasteiger partial charge is 0.270 e. The third kappa shape index (κ3) is 2.87. The van der Waals surface area contributed by atoms with E-state index in [2.05, 4.69) is 24.1 Å². The van der Waals surface area contributed by atoms with Gasteiger partial charge >= 0.3 is 0 Å². The Morgan fingerprint density at radius 2 is 2.17 bits per heavy atom. The maximum atomic E-state index is 12.6. The molecule has 0 aliphatic heterocycles. The van der Waals surface area contributed by atoms with Crippen LogP contribution in [0, 0.1) is 12.3 Å². The summed E-state index contributed by atoms with van der Waals surface area (Å²) in [5, 5.41) is 3.05. The van der Waals surface area contributed by atoms with Crippen LogP contribution >= 0.6 is 0 Å². The van der Waals surface area contributed by atoms with Crippen LogP contribution in [0.4, 0.5) is 0 Å². The summed E-state index contributed by atoms with van der Waals surface area (Å²) >= 11 is 0. The fourth-order valence-corrected chi connectivity index (χ4v) is 3.40. The van der Waals surface area contributed by atoms with Crippen molar-refractivity contribution in [2.75, 3.05) is 0 Å². The van der Waals surface area contributed by atoms with Crippen LogP contribution in [0.1, 0.15) is 55.5 Å². The summed E-state index contributed by atoms with van der Waals surface area (Å²) < 4.78 is 1.44. The van der Waals surface area contributed by atoms with Gasteiger partial charge in [0.25, 0.3) is 11.5 Å². The minimum atomic E-state index is -0.321. The van der Waals surface area contributed by atoms with Crippen molar-refractivity contribution in [2.24, 2.45) is 5.41 Å². The van der Waals surface area contributed by atoms with Crippen molar-refractivity contribution in [3.8, 4) is 0 Å². The van der Waals surface area contributed by atoms with E-state index in [1.165, 1.54) is 17.0 Å². The molecule has 1 amide bonds. The van der Waals surface area contributed by atoms with Gasteiger partial charge in [0, 0.05) is 18.4 Å². The molecule has 122 valence electrons. The Labute approximate surface area is 135 Å². The zero-order chi connectivity index (χ0) is 16.6. The van der Waals surface area contributed by atoms with Crippen molar-refractivity contribution in [1.82, 2.24) is 14.7 Å². The van der Waals surface area contributed by atoms with Crippen LogP contribution in [-0.4, -0.2) is 21.3 Å². The summed E-state index contributed by atoms with van der Waals surface area (Å²) in [4.78, 5) is 29.5. The molecule has 5 heteroatoms. The molecule has 0 radical (unpaired) electrons. The molecule has 5 nitrogen and oxygen atoms in total. The Kier molecular flexibility index (Phi) is 3.96.